The number of carboxylic acids is 1. The highest BCUT2D eigenvalue weighted by Crippen LogP contribution is 2.25. The molecule has 0 radical (unpaired) electrons. The van der Waals surface area contributed by atoms with Gasteiger partial charge < -0.3 is 10.0 Å². The third-order valence-electron chi connectivity index (χ3n) is 3.32. The lowest BCUT2D eigenvalue weighted by atomic mass is 10.1. The van der Waals surface area contributed by atoms with E-state index in [1.807, 2.05) is 32.6 Å². The molecule has 0 bridgehead atoms. The first-order valence-corrected chi connectivity index (χ1v) is 7.06. The van der Waals surface area contributed by atoms with Crippen LogP contribution < -0.4 is 4.90 Å². The lowest BCUT2D eigenvalue weighted by Gasteiger charge is -2.33. The Hall–Kier alpha value is -1.65. The van der Waals surface area contributed by atoms with E-state index in [4.69, 9.17) is 5.11 Å². The Morgan fingerprint density at radius 2 is 2.00 bits per heavy atom. The summed E-state index contributed by atoms with van der Waals surface area (Å²) in [5, 5.41) is 9.02. The van der Waals surface area contributed by atoms with Gasteiger partial charge in [-0.3, -0.25) is 0 Å². The maximum Gasteiger partial charge on any atom is 0.338 e. The Morgan fingerprint density at radius 1 is 1.40 bits per heavy atom. The number of aromatic nitrogens is 1. The van der Waals surface area contributed by atoms with Crippen molar-refractivity contribution >= 4 is 11.8 Å². The van der Waals surface area contributed by atoms with E-state index in [0.29, 0.717) is 12.5 Å². The van der Waals surface area contributed by atoms with Crippen molar-refractivity contribution in [3.05, 3.63) is 23.6 Å². The quantitative estimate of drug-likeness (QED) is 0.830. The van der Waals surface area contributed by atoms with Gasteiger partial charge in [-0.2, -0.15) is 0 Å². The second kappa shape index (κ2) is 7.22. The molecule has 5 heteroatoms. The van der Waals surface area contributed by atoms with Gasteiger partial charge in [0.25, 0.3) is 0 Å². The normalized spacial score (nSPS) is 11.2. The maximum absolute atomic E-state index is 14.4. The number of carboxylic acid groups (broad SMARTS) is 1. The Kier molecular flexibility index (Phi) is 5.92. The zero-order chi connectivity index (χ0) is 15.3. The summed E-state index contributed by atoms with van der Waals surface area (Å²) in [5.74, 6) is -1.52. The number of nitrogens with zero attached hydrogens (tertiary/aromatic N) is 2. The summed E-state index contributed by atoms with van der Waals surface area (Å²) in [6.45, 7) is 8.84. The van der Waals surface area contributed by atoms with Crippen LogP contribution in [0.2, 0.25) is 0 Å². The molecule has 20 heavy (non-hydrogen) atoms. The minimum Gasteiger partial charge on any atom is -0.478 e. The fourth-order valence-electron chi connectivity index (χ4n) is 2.33. The molecule has 0 spiro atoms. The smallest absolute Gasteiger partial charge is 0.338 e. The maximum atomic E-state index is 14.4. The van der Waals surface area contributed by atoms with Gasteiger partial charge in [0.15, 0.2) is 11.6 Å². The highest BCUT2D eigenvalue weighted by molar-refractivity contribution is 5.88. The molecule has 0 unspecified atom stereocenters. The highest BCUT2D eigenvalue weighted by Gasteiger charge is 2.24. The van der Waals surface area contributed by atoms with Gasteiger partial charge in [-0.05, 0) is 24.8 Å². The van der Waals surface area contributed by atoms with Crippen LogP contribution in [0.4, 0.5) is 10.2 Å². The number of anilines is 1. The van der Waals surface area contributed by atoms with Crippen LogP contribution in [0.1, 0.15) is 50.9 Å². The number of halogens is 1. The third-order valence-corrected chi connectivity index (χ3v) is 3.32. The minimum absolute atomic E-state index is 0.146. The van der Waals surface area contributed by atoms with Gasteiger partial charge in [0.05, 0.1) is 0 Å². The van der Waals surface area contributed by atoms with Crippen LogP contribution in [-0.4, -0.2) is 28.6 Å². The Bertz CT molecular complexity index is 459. The van der Waals surface area contributed by atoms with Gasteiger partial charge in [0.2, 0.25) is 0 Å². The van der Waals surface area contributed by atoms with Crippen LogP contribution in [0.25, 0.3) is 0 Å². The summed E-state index contributed by atoms with van der Waals surface area (Å²) in [6, 6.07) is 1.35. The summed E-state index contributed by atoms with van der Waals surface area (Å²) in [5.41, 5.74) is -0.324. The van der Waals surface area contributed by atoms with Crippen LogP contribution >= 0.6 is 0 Å². The topological polar surface area (TPSA) is 53.4 Å². The summed E-state index contributed by atoms with van der Waals surface area (Å²) in [6.07, 6.45) is 3.08. The van der Waals surface area contributed by atoms with E-state index < -0.39 is 11.8 Å². The van der Waals surface area contributed by atoms with Crippen LogP contribution in [0, 0.1) is 11.7 Å². The first kappa shape index (κ1) is 16.4. The molecule has 1 aromatic rings. The molecular formula is C15H23FN2O2. The molecule has 1 aromatic heterocycles. The van der Waals surface area contributed by atoms with Crippen LogP contribution in [0.5, 0.6) is 0 Å². The standard InChI is InChI=1S/C15H23FN2O2/c1-5-11(6-2)18(9-10(3)4)14-13(16)12(15(19)20)7-8-17-14/h7-8,10-11H,5-6,9H2,1-4H3,(H,19,20). The van der Waals surface area contributed by atoms with E-state index in [9.17, 15) is 9.18 Å². The van der Waals surface area contributed by atoms with Crippen LogP contribution in [0.15, 0.2) is 12.3 Å². The monoisotopic (exact) mass is 282 g/mol. The SMILES string of the molecule is CCC(CC)N(CC(C)C)c1nccc(C(=O)O)c1F. The first-order valence-electron chi connectivity index (χ1n) is 7.06. The lowest BCUT2D eigenvalue weighted by Crippen LogP contribution is -2.38. The van der Waals surface area contributed by atoms with E-state index in [1.165, 1.54) is 12.3 Å². The second-order valence-electron chi connectivity index (χ2n) is 5.32. The fourth-order valence-corrected chi connectivity index (χ4v) is 2.33. The van der Waals surface area contributed by atoms with Gasteiger partial charge in [-0.25, -0.2) is 14.2 Å². The zero-order valence-electron chi connectivity index (χ0n) is 12.6. The summed E-state index contributed by atoms with van der Waals surface area (Å²) < 4.78 is 14.4. The number of carbonyl (C=O) groups is 1. The molecule has 1 rings (SSSR count). The highest BCUT2D eigenvalue weighted by atomic mass is 19.1. The van der Waals surface area contributed by atoms with E-state index in [-0.39, 0.29) is 17.4 Å². The first-order chi connectivity index (χ1) is 9.42. The van der Waals surface area contributed by atoms with Crippen LogP contribution in [-0.2, 0) is 0 Å². The van der Waals surface area contributed by atoms with E-state index in [0.717, 1.165) is 12.8 Å². The Labute approximate surface area is 119 Å². The molecule has 0 aromatic carbocycles. The largest absolute Gasteiger partial charge is 0.478 e. The Balaban J connectivity index is 3.26. The van der Waals surface area contributed by atoms with Gasteiger partial charge >= 0.3 is 5.97 Å². The average Bonchev–Trinajstić information content (AvgIpc) is 2.38. The molecule has 0 aliphatic carbocycles. The van der Waals surface area contributed by atoms with E-state index in [1.54, 1.807) is 0 Å². The number of hydrogen-bond acceptors (Lipinski definition) is 3. The fraction of sp³-hybridized carbons (Fsp3) is 0.600. The van der Waals surface area contributed by atoms with E-state index in [2.05, 4.69) is 4.98 Å². The third kappa shape index (κ3) is 3.68. The van der Waals surface area contributed by atoms with Crippen molar-refractivity contribution in [3.63, 3.8) is 0 Å². The zero-order valence-corrected chi connectivity index (χ0v) is 12.6. The average molecular weight is 282 g/mol. The summed E-state index contributed by atoms with van der Waals surface area (Å²) in [7, 11) is 0. The van der Waals surface area contributed by atoms with Gasteiger partial charge in [-0.15, -0.1) is 0 Å². The molecule has 0 fully saturated rings. The van der Waals surface area contributed by atoms with Gasteiger partial charge in [0.1, 0.15) is 5.56 Å². The van der Waals surface area contributed by atoms with E-state index >= 15 is 0 Å². The van der Waals surface area contributed by atoms with Crippen molar-refractivity contribution in [2.45, 2.75) is 46.6 Å². The molecule has 0 aliphatic heterocycles. The van der Waals surface area contributed by atoms with Crippen molar-refractivity contribution in [3.8, 4) is 0 Å². The molecule has 0 atom stereocenters. The molecule has 0 saturated heterocycles. The molecular weight excluding hydrogens is 259 g/mol. The summed E-state index contributed by atoms with van der Waals surface area (Å²) >= 11 is 0. The molecule has 0 saturated carbocycles. The van der Waals surface area contributed by atoms with Crippen molar-refractivity contribution in [2.24, 2.45) is 5.92 Å². The van der Waals surface area contributed by atoms with Crippen molar-refractivity contribution in [2.75, 3.05) is 11.4 Å². The van der Waals surface area contributed by atoms with Crippen molar-refractivity contribution < 1.29 is 14.3 Å². The molecule has 1 heterocycles. The van der Waals surface area contributed by atoms with Gasteiger partial charge in [-0.1, -0.05) is 27.7 Å². The number of hydrogen-bond donors (Lipinski definition) is 1. The van der Waals surface area contributed by atoms with Crippen LogP contribution in [0.3, 0.4) is 0 Å². The number of pyridine rings is 1. The second-order valence-corrected chi connectivity index (χ2v) is 5.32. The predicted molar refractivity (Wildman–Crippen MR) is 77.7 cm³/mol. The minimum atomic E-state index is -1.26. The summed E-state index contributed by atoms with van der Waals surface area (Å²) in [4.78, 5) is 17.0. The lowest BCUT2D eigenvalue weighted by molar-refractivity contribution is 0.0691. The molecule has 112 valence electrons. The number of rotatable bonds is 7. The van der Waals surface area contributed by atoms with Crippen molar-refractivity contribution in [1.82, 2.24) is 4.98 Å². The Morgan fingerprint density at radius 3 is 2.45 bits per heavy atom. The predicted octanol–water partition coefficient (Wildman–Crippen LogP) is 3.57. The molecule has 0 amide bonds. The van der Waals surface area contributed by atoms with Crippen molar-refractivity contribution in [1.29, 1.82) is 0 Å². The number of aromatic carboxylic acids is 1. The van der Waals surface area contributed by atoms with Gasteiger partial charge in [0, 0.05) is 18.8 Å². The molecule has 4 nitrogen and oxygen atoms in total. The molecule has 0 aliphatic rings. The molecule has 1 N–H and O–H groups in total.